The van der Waals surface area contributed by atoms with Gasteiger partial charge in [0, 0.05) is 44.5 Å². The second kappa shape index (κ2) is 11.8. The van der Waals surface area contributed by atoms with Crippen molar-refractivity contribution in [1.82, 2.24) is 15.5 Å². The Morgan fingerprint density at radius 3 is 2.35 bits per heavy atom. The van der Waals surface area contributed by atoms with E-state index in [1.807, 2.05) is 6.92 Å². The highest BCUT2D eigenvalue weighted by molar-refractivity contribution is 5.80. The second-order valence-corrected chi connectivity index (χ2v) is 8.64. The van der Waals surface area contributed by atoms with E-state index in [4.69, 9.17) is 9.73 Å². The van der Waals surface area contributed by atoms with Crippen LogP contribution < -0.4 is 15.5 Å². The first-order valence-electron chi connectivity index (χ1n) is 11.9. The van der Waals surface area contributed by atoms with Crippen LogP contribution in [-0.4, -0.2) is 62.3 Å². The highest BCUT2D eigenvalue weighted by Crippen LogP contribution is 2.23. The van der Waals surface area contributed by atoms with Crippen LogP contribution in [0.3, 0.4) is 0 Å². The smallest absolute Gasteiger partial charge is 0.409 e. The van der Waals surface area contributed by atoms with Gasteiger partial charge in [0.05, 0.1) is 13.2 Å². The number of benzene rings is 1. The monoisotopic (exact) mass is 429 g/mol. The third-order valence-corrected chi connectivity index (χ3v) is 6.21. The molecule has 2 saturated heterocycles. The molecule has 0 bridgehead atoms. The maximum absolute atomic E-state index is 11.9. The normalized spacial score (nSPS) is 18.7. The minimum absolute atomic E-state index is 0.205. The number of likely N-dealkylation sites (tertiary alicyclic amines) is 1. The molecule has 2 heterocycles. The Morgan fingerprint density at radius 1 is 1.06 bits per heavy atom. The number of nitrogens with zero attached hydrogens (tertiary/aromatic N) is 3. The van der Waals surface area contributed by atoms with Gasteiger partial charge in [-0.15, -0.1) is 0 Å². The number of hydrogen-bond donors (Lipinski definition) is 2. The van der Waals surface area contributed by atoms with Crippen LogP contribution in [0.5, 0.6) is 0 Å². The van der Waals surface area contributed by atoms with Crippen molar-refractivity contribution in [2.45, 2.75) is 59.0 Å². The van der Waals surface area contributed by atoms with Crippen LogP contribution in [-0.2, 0) is 11.3 Å². The van der Waals surface area contributed by atoms with Gasteiger partial charge < -0.3 is 25.2 Å². The Morgan fingerprint density at radius 2 is 1.74 bits per heavy atom. The Balaban J connectivity index is 1.50. The quantitative estimate of drug-likeness (QED) is 0.534. The van der Waals surface area contributed by atoms with E-state index in [0.29, 0.717) is 32.3 Å². The number of nitrogens with one attached hydrogen (secondary N) is 2. The second-order valence-electron chi connectivity index (χ2n) is 8.64. The third-order valence-electron chi connectivity index (χ3n) is 6.21. The number of guanidine groups is 1. The van der Waals surface area contributed by atoms with Gasteiger partial charge in [0.2, 0.25) is 0 Å². The molecule has 0 saturated carbocycles. The average Bonchev–Trinajstić information content (AvgIpc) is 2.79. The van der Waals surface area contributed by atoms with Crippen LogP contribution in [0, 0.1) is 5.92 Å². The van der Waals surface area contributed by atoms with E-state index in [0.717, 1.165) is 44.4 Å². The molecule has 2 aliphatic heterocycles. The van der Waals surface area contributed by atoms with Gasteiger partial charge in [-0.2, -0.15) is 0 Å². The van der Waals surface area contributed by atoms with Crippen molar-refractivity contribution in [2.75, 3.05) is 44.2 Å². The number of aliphatic imine (C=N–C) groups is 1. The lowest BCUT2D eigenvalue weighted by Crippen LogP contribution is -2.49. The topological polar surface area (TPSA) is 69.2 Å². The van der Waals surface area contributed by atoms with Gasteiger partial charge >= 0.3 is 6.09 Å². The number of hydrogen-bond acceptors (Lipinski definition) is 4. The first kappa shape index (κ1) is 23.2. The van der Waals surface area contributed by atoms with Crippen LogP contribution in [0.2, 0.25) is 0 Å². The van der Waals surface area contributed by atoms with Crippen LogP contribution in [0.15, 0.2) is 29.3 Å². The fourth-order valence-corrected chi connectivity index (χ4v) is 4.18. The van der Waals surface area contributed by atoms with Crippen molar-refractivity contribution in [3.63, 3.8) is 0 Å². The molecule has 2 fully saturated rings. The van der Waals surface area contributed by atoms with Crippen molar-refractivity contribution in [3.05, 3.63) is 29.8 Å². The number of amides is 1. The standard InChI is InChI=1S/C24H39N5O2/c1-4-25-23(27-21-12-16-29(17-13-21)24(30)31-5-2)26-18-20-6-8-22(9-7-20)28-14-10-19(3)11-15-28/h6-9,19,21H,4-5,10-18H2,1-3H3,(H2,25,26,27). The summed E-state index contributed by atoms with van der Waals surface area (Å²) in [5.74, 6) is 1.69. The molecule has 0 aromatic heterocycles. The molecule has 0 aliphatic carbocycles. The Kier molecular flexibility index (Phi) is 8.85. The predicted molar refractivity (Wildman–Crippen MR) is 127 cm³/mol. The lowest BCUT2D eigenvalue weighted by Gasteiger charge is -2.32. The van der Waals surface area contributed by atoms with Crippen molar-refractivity contribution in [3.8, 4) is 0 Å². The molecule has 1 amide bonds. The Bertz CT molecular complexity index is 705. The zero-order chi connectivity index (χ0) is 22.1. The molecule has 0 radical (unpaired) electrons. The Hall–Kier alpha value is -2.44. The number of rotatable bonds is 6. The number of piperidine rings is 2. The van der Waals surface area contributed by atoms with E-state index in [9.17, 15) is 4.79 Å². The molecule has 172 valence electrons. The molecule has 1 aromatic rings. The van der Waals surface area contributed by atoms with Gasteiger partial charge in [-0.1, -0.05) is 19.1 Å². The molecule has 1 aromatic carbocycles. The van der Waals surface area contributed by atoms with Crippen molar-refractivity contribution >= 4 is 17.7 Å². The number of ether oxygens (including phenoxy) is 1. The van der Waals surface area contributed by atoms with E-state index >= 15 is 0 Å². The van der Waals surface area contributed by atoms with Gasteiger partial charge in [-0.3, -0.25) is 0 Å². The zero-order valence-electron chi connectivity index (χ0n) is 19.4. The largest absolute Gasteiger partial charge is 0.450 e. The summed E-state index contributed by atoms with van der Waals surface area (Å²) in [6.45, 7) is 11.9. The summed E-state index contributed by atoms with van der Waals surface area (Å²) in [5.41, 5.74) is 2.53. The van der Waals surface area contributed by atoms with Gasteiger partial charge in [0.1, 0.15) is 0 Å². The molecular weight excluding hydrogens is 390 g/mol. The summed E-state index contributed by atoms with van der Waals surface area (Å²) in [5, 5.41) is 6.88. The molecule has 0 atom stereocenters. The molecule has 7 nitrogen and oxygen atoms in total. The molecule has 2 aliphatic rings. The van der Waals surface area contributed by atoms with E-state index in [-0.39, 0.29) is 6.09 Å². The third kappa shape index (κ3) is 7.04. The van der Waals surface area contributed by atoms with Crippen molar-refractivity contribution in [2.24, 2.45) is 10.9 Å². The lowest BCUT2D eigenvalue weighted by molar-refractivity contribution is 0.0963. The highest BCUT2D eigenvalue weighted by atomic mass is 16.6. The van der Waals surface area contributed by atoms with Crippen molar-refractivity contribution in [1.29, 1.82) is 0 Å². The summed E-state index contributed by atoms with van der Waals surface area (Å²) in [6.07, 6.45) is 4.15. The molecular formula is C24H39N5O2. The van der Waals surface area contributed by atoms with Gasteiger partial charge in [-0.05, 0) is 63.1 Å². The van der Waals surface area contributed by atoms with Crippen molar-refractivity contribution < 1.29 is 9.53 Å². The zero-order valence-corrected chi connectivity index (χ0v) is 19.4. The van der Waals surface area contributed by atoms with Gasteiger partial charge in [0.15, 0.2) is 5.96 Å². The first-order valence-corrected chi connectivity index (χ1v) is 11.9. The lowest BCUT2D eigenvalue weighted by atomic mass is 9.99. The summed E-state index contributed by atoms with van der Waals surface area (Å²) < 4.78 is 5.10. The number of anilines is 1. The molecule has 3 rings (SSSR count). The van der Waals surface area contributed by atoms with Crippen LogP contribution in [0.4, 0.5) is 10.5 Å². The minimum Gasteiger partial charge on any atom is -0.450 e. The fourth-order valence-electron chi connectivity index (χ4n) is 4.18. The molecule has 2 N–H and O–H groups in total. The van der Waals surface area contributed by atoms with Crippen LogP contribution in [0.1, 0.15) is 52.0 Å². The summed E-state index contributed by atoms with van der Waals surface area (Å²) in [6, 6.07) is 9.15. The number of carbonyl (C=O) groups excluding carboxylic acids is 1. The van der Waals surface area contributed by atoms with Crippen LogP contribution >= 0.6 is 0 Å². The molecule has 0 unspecified atom stereocenters. The predicted octanol–water partition coefficient (Wildman–Crippen LogP) is 3.60. The number of carbonyl (C=O) groups is 1. The maximum Gasteiger partial charge on any atom is 0.409 e. The fraction of sp³-hybridized carbons (Fsp3) is 0.667. The highest BCUT2D eigenvalue weighted by Gasteiger charge is 2.24. The van der Waals surface area contributed by atoms with Gasteiger partial charge in [0.25, 0.3) is 0 Å². The SMILES string of the molecule is CCNC(=NCc1ccc(N2CCC(C)CC2)cc1)NC1CCN(C(=O)OCC)CC1. The van der Waals surface area contributed by atoms with E-state index in [2.05, 4.69) is 53.6 Å². The first-order chi connectivity index (χ1) is 15.1. The van der Waals surface area contributed by atoms with E-state index in [1.54, 1.807) is 4.90 Å². The summed E-state index contributed by atoms with van der Waals surface area (Å²) >= 11 is 0. The Labute approximate surface area is 187 Å². The van der Waals surface area contributed by atoms with E-state index in [1.165, 1.54) is 24.1 Å². The molecule has 31 heavy (non-hydrogen) atoms. The van der Waals surface area contributed by atoms with E-state index < -0.39 is 0 Å². The maximum atomic E-state index is 11.9. The summed E-state index contributed by atoms with van der Waals surface area (Å²) in [7, 11) is 0. The minimum atomic E-state index is -0.205. The summed E-state index contributed by atoms with van der Waals surface area (Å²) in [4.78, 5) is 20.9. The average molecular weight is 430 g/mol. The molecule has 0 spiro atoms. The van der Waals surface area contributed by atoms with Gasteiger partial charge in [-0.25, -0.2) is 9.79 Å². The van der Waals surface area contributed by atoms with Crippen LogP contribution in [0.25, 0.3) is 0 Å². The molecule has 7 heteroatoms.